The Labute approximate surface area is 162 Å². The number of ether oxygens (including phenoxy) is 1. The molecule has 0 aromatic carbocycles. The minimum atomic E-state index is -1.21. The number of imidazole rings is 1. The van der Waals surface area contributed by atoms with Crippen molar-refractivity contribution in [1.29, 1.82) is 5.26 Å². The lowest BCUT2D eigenvalue weighted by Gasteiger charge is -2.34. The van der Waals surface area contributed by atoms with Crippen molar-refractivity contribution >= 4 is 23.1 Å². The van der Waals surface area contributed by atoms with E-state index in [-0.39, 0.29) is 11.9 Å². The van der Waals surface area contributed by atoms with Crippen LogP contribution in [0.1, 0.15) is 25.1 Å². The Morgan fingerprint density at radius 2 is 2.18 bits per heavy atom. The van der Waals surface area contributed by atoms with Crippen molar-refractivity contribution in [3.05, 3.63) is 12.2 Å². The van der Waals surface area contributed by atoms with E-state index in [9.17, 15) is 15.2 Å². The fraction of sp³-hybridized carbons (Fsp3) is 0.588. The molecule has 0 radical (unpaired) electrons. The number of hydrogen-bond donors (Lipinski definition) is 2. The Morgan fingerprint density at radius 1 is 1.43 bits per heavy atom. The molecule has 0 bridgehead atoms. The molecule has 1 fully saturated rings. The van der Waals surface area contributed by atoms with E-state index in [1.165, 1.54) is 5.01 Å². The molecule has 1 aliphatic rings. The van der Waals surface area contributed by atoms with E-state index in [1.54, 1.807) is 6.33 Å². The van der Waals surface area contributed by atoms with Gasteiger partial charge >= 0.3 is 6.09 Å². The summed E-state index contributed by atoms with van der Waals surface area (Å²) < 4.78 is 7.25. The Kier molecular flexibility index (Phi) is 6.23. The third-order valence-electron chi connectivity index (χ3n) is 4.55. The van der Waals surface area contributed by atoms with Crippen LogP contribution < -0.4 is 10.4 Å². The van der Waals surface area contributed by atoms with E-state index in [0.29, 0.717) is 49.6 Å². The van der Waals surface area contributed by atoms with Gasteiger partial charge in [-0.15, -0.1) is 0 Å². The molecule has 11 heteroatoms. The number of aromatic nitrogens is 4. The number of nitrogens with one attached hydrogen (secondary N) is 1. The largest absolute Gasteiger partial charge is 0.464 e. The SMILES string of the molecule is CN(C)CCCn1cnc2c(N(NC(=O)O)C3CCOCC3)nc(C#N)nc21. The zero-order chi connectivity index (χ0) is 20.1. The average Bonchev–Trinajstić information content (AvgIpc) is 3.08. The number of carbonyl (C=O) groups is 1. The molecule has 1 aliphatic heterocycles. The van der Waals surface area contributed by atoms with Gasteiger partial charge in [0.25, 0.3) is 0 Å². The highest BCUT2D eigenvalue weighted by molar-refractivity contribution is 5.85. The molecule has 3 heterocycles. The van der Waals surface area contributed by atoms with Crippen LogP contribution in [0, 0.1) is 11.3 Å². The molecule has 0 saturated carbocycles. The molecular weight excluding hydrogens is 364 g/mol. The van der Waals surface area contributed by atoms with Gasteiger partial charge in [0.15, 0.2) is 17.0 Å². The van der Waals surface area contributed by atoms with Crippen LogP contribution >= 0.6 is 0 Å². The maximum absolute atomic E-state index is 11.4. The second-order valence-electron chi connectivity index (χ2n) is 6.88. The van der Waals surface area contributed by atoms with Crippen LogP contribution in [0.5, 0.6) is 0 Å². The summed E-state index contributed by atoms with van der Waals surface area (Å²) in [6, 6.07) is 1.82. The third-order valence-corrected chi connectivity index (χ3v) is 4.55. The van der Waals surface area contributed by atoms with E-state index in [4.69, 9.17) is 4.74 Å². The number of amides is 1. The Balaban J connectivity index is 2.01. The fourth-order valence-electron chi connectivity index (χ4n) is 3.23. The smallest absolute Gasteiger partial charge is 0.423 e. The van der Waals surface area contributed by atoms with Crippen LogP contribution in [0.4, 0.5) is 10.6 Å². The first-order valence-corrected chi connectivity index (χ1v) is 9.14. The Bertz CT molecular complexity index is 869. The number of anilines is 1. The van der Waals surface area contributed by atoms with Crippen molar-refractivity contribution in [3.8, 4) is 6.07 Å². The summed E-state index contributed by atoms with van der Waals surface area (Å²) in [6.45, 7) is 2.64. The summed E-state index contributed by atoms with van der Waals surface area (Å²) in [4.78, 5) is 26.5. The molecule has 2 N–H and O–H groups in total. The molecule has 150 valence electrons. The summed E-state index contributed by atoms with van der Waals surface area (Å²) in [5.41, 5.74) is 3.40. The highest BCUT2D eigenvalue weighted by atomic mass is 16.5. The number of nitrogens with zero attached hydrogens (tertiary/aromatic N) is 7. The van der Waals surface area contributed by atoms with E-state index in [1.807, 2.05) is 24.7 Å². The van der Waals surface area contributed by atoms with Crippen LogP contribution in [0.2, 0.25) is 0 Å². The van der Waals surface area contributed by atoms with Gasteiger partial charge in [-0.05, 0) is 39.9 Å². The highest BCUT2D eigenvalue weighted by Crippen LogP contribution is 2.26. The van der Waals surface area contributed by atoms with Gasteiger partial charge in [0.1, 0.15) is 6.07 Å². The second kappa shape index (κ2) is 8.81. The number of rotatable bonds is 7. The lowest BCUT2D eigenvalue weighted by Crippen LogP contribution is -2.51. The minimum absolute atomic E-state index is 0.0268. The van der Waals surface area contributed by atoms with E-state index in [2.05, 4.69) is 25.3 Å². The van der Waals surface area contributed by atoms with E-state index >= 15 is 0 Å². The third kappa shape index (κ3) is 4.47. The zero-order valence-electron chi connectivity index (χ0n) is 16.0. The summed E-state index contributed by atoms with van der Waals surface area (Å²) in [5.74, 6) is 0.267. The number of nitriles is 1. The molecular formula is C17H24N8O3. The maximum Gasteiger partial charge on any atom is 0.423 e. The first-order chi connectivity index (χ1) is 13.5. The van der Waals surface area contributed by atoms with Crippen LogP contribution in [0.15, 0.2) is 6.33 Å². The molecule has 3 rings (SSSR count). The van der Waals surface area contributed by atoms with Crippen LogP contribution in [-0.2, 0) is 11.3 Å². The molecule has 0 aliphatic carbocycles. The monoisotopic (exact) mass is 388 g/mol. The van der Waals surface area contributed by atoms with Gasteiger partial charge in [0, 0.05) is 19.8 Å². The van der Waals surface area contributed by atoms with Crippen molar-refractivity contribution in [2.45, 2.75) is 31.8 Å². The average molecular weight is 388 g/mol. The number of carboxylic acid groups (broad SMARTS) is 1. The first-order valence-electron chi connectivity index (χ1n) is 9.14. The quantitative estimate of drug-likeness (QED) is 0.661. The molecule has 0 atom stereocenters. The molecule has 2 aromatic rings. The first kappa shape index (κ1) is 19.8. The van der Waals surface area contributed by atoms with E-state index in [0.717, 1.165) is 13.0 Å². The summed E-state index contributed by atoms with van der Waals surface area (Å²) >= 11 is 0. The lowest BCUT2D eigenvalue weighted by atomic mass is 10.1. The normalized spacial score (nSPS) is 14.9. The fourth-order valence-corrected chi connectivity index (χ4v) is 3.23. The van der Waals surface area contributed by atoms with Crippen molar-refractivity contribution in [3.63, 3.8) is 0 Å². The van der Waals surface area contributed by atoms with Crippen molar-refractivity contribution in [2.24, 2.45) is 0 Å². The van der Waals surface area contributed by atoms with Crippen molar-refractivity contribution in [2.75, 3.05) is 38.9 Å². The lowest BCUT2D eigenvalue weighted by molar-refractivity contribution is 0.0816. The predicted molar refractivity (Wildman–Crippen MR) is 101 cm³/mol. The Morgan fingerprint density at radius 3 is 2.82 bits per heavy atom. The van der Waals surface area contributed by atoms with Crippen LogP contribution in [-0.4, -0.2) is 75.5 Å². The number of fused-ring (bicyclic) bond motifs is 1. The van der Waals surface area contributed by atoms with Crippen molar-refractivity contribution in [1.82, 2.24) is 29.8 Å². The van der Waals surface area contributed by atoms with Gasteiger partial charge in [0.05, 0.1) is 12.4 Å². The van der Waals surface area contributed by atoms with Gasteiger partial charge in [-0.3, -0.25) is 5.01 Å². The topological polar surface area (TPSA) is 132 Å². The number of hydrogen-bond acceptors (Lipinski definition) is 8. The molecule has 1 saturated heterocycles. The van der Waals surface area contributed by atoms with Gasteiger partial charge in [0.2, 0.25) is 5.82 Å². The van der Waals surface area contributed by atoms with Gasteiger partial charge in [-0.2, -0.15) is 15.2 Å². The summed E-state index contributed by atoms with van der Waals surface area (Å²) in [5, 5.41) is 20.2. The second-order valence-corrected chi connectivity index (χ2v) is 6.88. The van der Waals surface area contributed by atoms with Crippen LogP contribution in [0.3, 0.4) is 0 Å². The molecule has 11 nitrogen and oxygen atoms in total. The zero-order valence-corrected chi connectivity index (χ0v) is 16.0. The standard InChI is InChI=1S/C17H24N8O3/c1-23(2)6-3-7-24-11-19-14-15(24)20-13(10-18)21-16(14)25(22-17(26)27)12-4-8-28-9-5-12/h11-12,22H,3-9H2,1-2H3,(H,26,27). The minimum Gasteiger partial charge on any atom is -0.464 e. The maximum atomic E-state index is 11.4. The molecule has 0 unspecified atom stereocenters. The molecule has 28 heavy (non-hydrogen) atoms. The van der Waals surface area contributed by atoms with Gasteiger partial charge < -0.3 is 19.3 Å². The summed E-state index contributed by atoms with van der Waals surface area (Å²) in [7, 11) is 4.01. The van der Waals surface area contributed by atoms with E-state index < -0.39 is 6.09 Å². The molecule has 0 spiro atoms. The van der Waals surface area contributed by atoms with Gasteiger partial charge in [-0.1, -0.05) is 0 Å². The Hall–Kier alpha value is -2.97. The van der Waals surface area contributed by atoms with Crippen LogP contribution in [0.25, 0.3) is 11.2 Å². The molecule has 2 aromatic heterocycles. The number of aryl methyl sites for hydroxylation is 1. The summed E-state index contributed by atoms with van der Waals surface area (Å²) in [6.07, 6.45) is 2.61. The number of hydrazine groups is 1. The highest BCUT2D eigenvalue weighted by Gasteiger charge is 2.28. The van der Waals surface area contributed by atoms with Gasteiger partial charge in [-0.25, -0.2) is 15.2 Å². The van der Waals surface area contributed by atoms with Crippen molar-refractivity contribution < 1.29 is 14.6 Å². The predicted octanol–water partition coefficient (Wildman–Crippen LogP) is 0.818. The molecule has 1 amide bonds.